The van der Waals surface area contributed by atoms with Crippen LogP contribution in [0.25, 0.3) is 5.69 Å². The van der Waals surface area contributed by atoms with Gasteiger partial charge in [-0.05, 0) is 43.5 Å². The lowest BCUT2D eigenvalue weighted by Gasteiger charge is -2.14. The summed E-state index contributed by atoms with van der Waals surface area (Å²) in [6, 6.07) is 7.66. The van der Waals surface area contributed by atoms with Gasteiger partial charge in [0.25, 0.3) is 0 Å². The van der Waals surface area contributed by atoms with Crippen molar-refractivity contribution in [2.24, 2.45) is 5.92 Å². The number of benzene rings is 1. The highest BCUT2D eigenvalue weighted by atomic mass is 19.1. The Hall–Kier alpha value is -1.64. The van der Waals surface area contributed by atoms with E-state index in [0.29, 0.717) is 11.6 Å². The smallest absolute Gasteiger partial charge is 0.150 e. The van der Waals surface area contributed by atoms with Gasteiger partial charge in [-0.2, -0.15) is 0 Å². The van der Waals surface area contributed by atoms with Crippen LogP contribution in [-0.4, -0.2) is 4.57 Å². The van der Waals surface area contributed by atoms with Gasteiger partial charge < -0.3 is 4.57 Å². The molecule has 0 aliphatic heterocycles. The van der Waals surface area contributed by atoms with Crippen LogP contribution in [0.3, 0.4) is 0 Å². The fourth-order valence-corrected chi connectivity index (χ4v) is 2.18. The minimum Gasteiger partial charge on any atom is -0.316 e. The second-order valence-corrected chi connectivity index (χ2v) is 5.00. The number of hydrogen-bond donors (Lipinski definition) is 0. The first-order valence-corrected chi connectivity index (χ1v) is 6.11. The predicted octanol–water partition coefficient (Wildman–Crippen LogP) is 4.26. The van der Waals surface area contributed by atoms with Gasteiger partial charge in [0.1, 0.15) is 11.6 Å². The summed E-state index contributed by atoms with van der Waals surface area (Å²) in [5, 5.41) is 0. The van der Waals surface area contributed by atoms with Crippen LogP contribution in [0.5, 0.6) is 0 Å². The van der Waals surface area contributed by atoms with Gasteiger partial charge in [0.2, 0.25) is 0 Å². The molecule has 1 aromatic carbocycles. The van der Waals surface area contributed by atoms with Gasteiger partial charge in [-0.3, -0.25) is 0 Å². The number of aromatic nitrogens is 1. The average Bonchev–Trinajstić information content (AvgIpc) is 2.60. The molecule has 2 rings (SSSR count). The van der Waals surface area contributed by atoms with E-state index in [1.165, 1.54) is 12.1 Å². The molecule has 0 bridgehead atoms. The normalized spacial score (nSPS) is 11.2. The Bertz CT molecular complexity index is 556. The summed E-state index contributed by atoms with van der Waals surface area (Å²) in [7, 11) is 0. The molecule has 1 nitrogen and oxygen atoms in total. The second-order valence-electron chi connectivity index (χ2n) is 5.00. The molecule has 3 heteroatoms. The number of rotatable bonds is 3. The van der Waals surface area contributed by atoms with Gasteiger partial charge in [0, 0.05) is 17.5 Å². The molecule has 0 saturated heterocycles. The van der Waals surface area contributed by atoms with E-state index in [9.17, 15) is 8.78 Å². The number of nitrogens with zero attached hydrogens (tertiary/aromatic N) is 1. The fraction of sp³-hybridized carbons (Fsp3) is 0.333. The molecular weight excluding hydrogens is 232 g/mol. The van der Waals surface area contributed by atoms with Crippen LogP contribution < -0.4 is 0 Å². The van der Waals surface area contributed by atoms with Crippen LogP contribution in [0.4, 0.5) is 8.78 Å². The van der Waals surface area contributed by atoms with Gasteiger partial charge in [-0.1, -0.05) is 13.8 Å². The van der Waals surface area contributed by atoms with Gasteiger partial charge in [0.15, 0.2) is 0 Å². The summed E-state index contributed by atoms with van der Waals surface area (Å²) < 4.78 is 28.7. The summed E-state index contributed by atoms with van der Waals surface area (Å²) >= 11 is 0. The largest absolute Gasteiger partial charge is 0.316 e. The molecule has 0 unspecified atom stereocenters. The van der Waals surface area contributed by atoms with Gasteiger partial charge in [-0.25, -0.2) is 8.78 Å². The minimum absolute atomic E-state index is 0.412. The molecule has 0 aliphatic carbocycles. The first-order chi connectivity index (χ1) is 8.49. The Morgan fingerprint density at radius 2 is 1.83 bits per heavy atom. The molecule has 0 radical (unpaired) electrons. The predicted molar refractivity (Wildman–Crippen MR) is 69.0 cm³/mol. The quantitative estimate of drug-likeness (QED) is 0.765. The summed E-state index contributed by atoms with van der Waals surface area (Å²) in [5.41, 5.74) is 2.42. The van der Waals surface area contributed by atoms with E-state index in [1.54, 1.807) is 0 Å². The molecule has 1 heterocycles. The van der Waals surface area contributed by atoms with E-state index in [4.69, 9.17) is 0 Å². The van der Waals surface area contributed by atoms with Crippen molar-refractivity contribution in [3.05, 3.63) is 53.4 Å². The Morgan fingerprint density at radius 1 is 1.11 bits per heavy atom. The first-order valence-electron chi connectivity index (χ1n) is 6.11. The van der Waals surface area contributed by atoms with E-state index in [0.717, 1.165) is 23.9 Å². The molecule has 96 valence electrons. The SMILES string of the molecule is Cc1ccc(CC(C)C)n1-c1ccc(F)cc1F. The summed E-state index contributed by atoms with van der Waals surface area (Å²) in [6.45, 7) is 6.16. The molecule has 18 heavy (non-hydrogen) atoms. The average molecular weight is 249 g/mol. The van der Waals surface area contributed by atoms with Crippen molar-refractivity contribution >= 4 is 0 Å². The topological polar surface area (TPSA) is 4.93 Å². The van der Waals surface area contributed by atoms with Crippen LogP contribution in [0.15, 0.2) is 30.3 Å². The van der Waals surface area contributed by atoms with E-state index in [-0.39, 0.29) is 0 Å². The lowest BCUT2D eigenvalue weighted by Crippen LogP contribution is -2.07. The maximum atomic E-state index is 13.9. The third-order valence-corrected chi connectivity index (χ3v) is 2.92. The molecule has 0 aliphatic rings. The maximum absolute atomic E-state index is 13.9. The number of halogens is 2. The van der Waals surface area contributed by atoms with Gasteiger partial charge in [-0.15, -0.1) is 0 Å². The minimum atomic E-state index is -0.550. The number of aryl methyl sites for hydroxylation is 1. The van der Waals surface area contributed by atoms with E-state index in [1.807, 2.05) is 23.6 Å². The lowest BCUT2D eigenvalue weighted by molar-refractivity contribution is 0.571. The molecule has 0 amide bonds. The zero-order valence-corrected chi connectivity index (χ0v) is 10.9. The molecule has 0 N–H and O–H groups in total. The van der Waals surface area contributed by atoms with Crippen molar-refractivity contribution in [3.8, 4) is 5.69 Å². The molecular formula is C15H17F2N. The molecule has 2 aromatic rings. The molecule has 0 saturated carbocycles. The van der Waals surface area contributed by atoms with Crippen LogP contribution in [0, 0.1) is 24.5 Å². The maximum Gasteiger partial charge on any atom is 0.150 e. The Balaban J connectivity index is 2.52. The van der Waals surface area contributed by atoms with Crippen molar-refractivity contribution in [3.63, 3.8) is 0 Å². The van der Waals surface area contributed by atoms with Crippen molar-refractivity contribution in [2.45, 2.75) is 27.2 Å². The van der Waals surface area contributed by atoms with E-state index < -0.39 is 11.6 Å². The number of hydrogen-bond acceptors (Lipinski definition) is 0. The molecule has 0 spiro atoms. The van der Waals surface area contributed by atoms with Crippen molar-refractivity contribution < 1.29 is 8.78 Å². The molecule has 1 aromatic heterocycles. The van der Waals surface area contributed by atoms with Crippen molar-refractivity contribution in [1.29, 1.82) is 0 Å². The van der Waals surface area contributed by atoms with Crippen molar-refractivity contribution in [2.75, 3.05) is 0 Å². The van der Waals surface area contributed by atoms with Crippen LogP contribution >= 0.6 is 0 Å². The van der Waals surface area contributed by atoms with Crippen LogP contribution in [-0.2, 0) is 6.42 Å². The fourth-order valence-electron chi connectivity index (χ4n) is 2.18. The molecule has 0 atom stereocenters. The third kappa shape index (κ3) is 2.45. The van der Waals surface area contributed by atoms with E-state index in [2.05, 4.69) is 13.8 Å². The molecule has 0 fully saturated rings. The Kier molecular flexibility index (Phi) is 3.50. The van der Waals surface area contributed by atoms with Crippen LogP contribution in [0.1, 0.15) is 25.2 Å². The highest BCUT2D eigenvalue weighted by Crippen LogP contribution is 2.22. The first kappa shape index (κ1) is 12.8. The highest BCUT2D eigenvalue weighted by molar-refractivity contribution is 5.39. The van der Waals surface area contributed by atoms with Crippen LogP contribution in [0.2, 0.25) is 0 Å². The zero-order chi connectivity index (χ0) is 13.3. The summed E-state index contributed by atoms with van der Waals surface area (Å²) in [4.78, 5) is 0. The van der Waals surface area contributed by atoms with Gasteiger partial charge in [0.05, 0.1) is 5.69 Å². The Labute approximate surface area is 106 Å². The standard InChI is InChI=1S/C15H17F2N/c1-10(2)8-13-6-4-11(3)18(13)15-7-5-12(16)9-14(15)17/h4-7,9-10H,8H2,1-3H3. The summed E-state index contributed by atoms with van der Waals surface area (Å²) in [6.07, 6.45) is 0.866. The third-order valence-electron chi connectivity index (χ3n) is 2.92. The monoisotopic (exact) mass is 249 g/mol. The summed E-state index contributed by atoms with van der Waals surface area (Å²) in [5.74, 6) is -0.590. The lowest BCUT2D eigenvalue weighted by atomic mass is 10.1. The second kappa shape index (κ2) is 4.92. The van der Waals surface area contributed by atoms with Crippen molar-refractivity contribution in [1.82, 2.24) is 4.57 Å². The van der Waals surface area contributed by atoms with E-state index >= 15 is 0 Å². The Morgan fingerprint density at radius 3 is 2.44 bits per heavy atom. The zero-order valence-electron chi connectivity index (χ0n) is 10.9. The highest BCUT2D eigenvalue weighted by Gasteiger charge is 2.12. The van der Waals surface area contributed by atoms with Gasteiger partial charge >= 0.3 is 0 Å².